The van der Waals surface area contributed by atoms with Crippen LogP contribution in [0.3, 0.4) is 0 Å². The Balaban J connectivity index is 0.000000814. The molecule has 0 saturated carbocycles. The number of carbonyl (C=O) groups is 4. The molecule has 0 atom stereocenters. The Morgan fingerprint density at radius 2 is 0.941 bits per heavy atom. The van der Waals surface area contributed by atoms with Gasteiger partial charge in [0, 0.05) is 57.2 Å². The second-order valence-electron chi connectivity index (χ2n) is 13.5. The lowest BCUT2D eigenvalue weighted by atomic mass is 9.83. The Bertz CT molecular complexity index is 1700. The number of halogens is 3. The van der Waals surface area contributed by atoms with Crippen LogP contribution in [-0.2, 0) is 51.0 Å². The molecule has 0 spiro atoms. The van der Waals surface area contributed by atoms with Gasteiger partial charge >= 0.3 is 0 Å². The summed E-state index contributed by atoms with van der Waals surface area (Å²) in [5.41, 5.74) is 1.61. The Kier molecular flexibility index (Phi) is 20.8. The highest BCUT2D eigenvalue weighted by atomic mass is 79.9. The van der Waals surface area contributed by atoms with E-state index in [1.807, 2.05) is 27.7 Å². The lowest BCUT2D eigenvalue weighted by Gasteiger charge is -2.19. The van der Waals surface area contributed by atoms with Gasteiger partial charge in [-0.1, -0.05) is 107 Å². The minimum absolute atomic E-state index is 0.00448. The van der Waals surface area contributed by atoms with Gasteiger partial charge in [-0.3, -0.25) is 19.2 Å². The average Bonchev–Trinajstić information content (AvgIpc) is 3.02. The zero-order chi connectivity index (χ0) is 40.2. The highest BCUT2D eigenvalue weighted by Crippen LogP contribution is 2.28. The first-order valence-corrected chi connectivity index (χ1v) is 21.1. The maximum atomic E-state index is 12.4. The van der Waals surface area contributed by atoms with Gasteiger partial charge in [0.05, 0.1) is 22.4 Å². The number of rotatable bonds is 15. The normalized spacial score (nSPS) is 12.0. The molecular formula is C36H53BrCl2N2O8S2. The molecule has 0 aromatic heterocycles. The molecule has 2 rings (SSSR count). The molecule has 10 nitrogen and oxygen atoms in total. The van der Waals surface area contributed by atoms with Crippen molar-refractivity contribution in [2.75, 3.05) is 28.2 Å². The zero-order valence-electron chi connectivity index (χ0n) is 31.6. The molecule has 0 bridgehead atoms. The van der Waals surface area contributed by atoms with E-state index in [0.29, 0.717) is 10.9 Å². The molecule has 0 unspecified atom stereocenters. The van der Waals surface area contributed by atoms with Crippen LogP contribution in [0.2, 0.25) is 10.0 Å². The van der Waals surface area contributed by atoms with E-state index in [1.165, 1.54) is 46.4 Å². The number of benzene rings is 2. The summed E-state index contributed by atoms with van der Waals surface area (Å²) in [7, 11) is -1.28. The Morgan fingerprint density at radius 3 is 1.22 bits per heavy atom. The summed E-state index contributed by atoms with van der Waals surface area (Å²) in [6.45, 7) is 14.3. The van der Waals surface area contributed by atoms with Gasteiger partial charge in [0.2, 0.25) is 20.0 Å². The molecule has 0 aliphatic carbocycles. The molecule has 0 fully saturated rings. The van der Waals surface area contributed by atoms with E-state index in [0.717, 1.165) is 14.2 Å². The minimum Gasteiger partial charge on any atom is -0.299 e. The first kappa shape index (κ1) is 49.0. The van der Waals surface area contributed by atoms with E-state index < -0.39 is 26.0 Å². The van der Waals surface area contributed by atoms with Crippen molar-refractivity contribution in [3.05, 3.63) is 57.6 Å². The van der Waals surface area contributed by atoms with Crippen molar-refractivity contribution in [2.24, 2.45) is 29.6 Å². The number of sulfonamides is 2. The number of hydrogen-bond acceptors (Lipinski definition) is 8. The second-order valence-corrected chi connectivity index (χ2v) is 19.1. The van der Waals surface area contributed by atoms with Gasteiger partial charge < -0.3 is 0 Å². The van der Waals surface area contributed by atoms with E-state index in [9.17, 15) is 36.0 Å². The van der Waals surface area contributed by atoms with Crippen LogP contribution in [0.4, 0.5) is 0 Å². The van der Waals surface area contributed by atoms with Crippen molar-refractivity contribution in [2.45, 2.75) is 83.4 Å². The fourth-order valence-corrected chi connectivity index (χ4v) is 7.29. The number of alkyl halides is 1. The number of carbonyl (C=O) groups excluding carboxylic acids is 4. The quantitative estimate of drug-likeness (QED) is 0.132. The van der Waals surface area contributed by atoms with Crippen LogP contribution in [0.5, 0.6) is 0 Å². The first-order chi connectivity index (χ1) is 23.2. The summed E-state index contributed by atoms with van der Waals surface area (Å²) >= 11 is 15.3. The molecule has 0 aliphatic heterocycles. The van der Waals surface area contributed by atoms with Crippen molar-refractivity contribution >= 4 is 82.3 Å². The fraction of sp³-hybridized carbons (Fsp3) is 0.556. The zero-order valence-corrected chi connectivity index (χ0v) is 36.3. The molecule has 51 heavy (non-hydrogen) atoms. The van der Waals surface area contributed by atoms with E-state index >= 15 is 0 Å². The standard InChI is InChI=1S/C18H26ClNO4S.C9H11BrClNO2S.C9H16O2/c1-11(2)17(21)14(18(22)12(3)4)9-13-7-8-16(15(19)10-13)25(23,24)20(5)6;1-12(2)15(13,14)9-4-3-7(6-10)5-8(9)11;1-6(2)8(10)5-9(11)7(3)4/h7-8,10-12,14H,9H2,1-6H3;3-5H,6H2,1-2H3;6-7H,5H2,1-4H3. The molecule has 0 N–H and O–H groups in total. The lowest BCUT2D eigenvalue weighted by molar-refractivity contribution is -0.136. The first-order valence-electron chi connectivity index (χ1n) is 16.3. The highest BCUT2D eigenvalue weighted by molar-refractivity contribution is 9.08. The maximum absolute atomic E-state index is 12.4. The molecule has 288 valence electrons. The molecule has 0 radical (unpaired) electrons. The van der Waals surface area contributed by atoms with Crippen molar-refractivity contribution in [3.63, 3.8) is 0 Å². The highest BCUT2D eigenvalue weighted by Gasteiger charge is 2.31. The van der Waals surface area contributed by atoms with Gasteiger partial charge in [-0.05, 0) is 41.8 Å². The van der Waals surface area contributed by atoms with Crippen molar-refractivity contribution in [1.82, 2.24) is 8.61 Å². The van der Waals surface area contributed by atoms with Crippen LogP contribution < -0.4 is 0 Å². The third kappa shape index (κ3) is 15.1. The third-order valence-corrected chi connectivity index (χ3v) is 12.8. The van der Waals surface area contributed by atoms with Gasteiger partial charge in [0.25, 0.3) is 0 Å². The van der Waals surface area contributed by atoms with E-state index in [4.69, 9.17) is 23.2 Å². The maximum Gasteiger partial charge on any atom is 0.244 e. The van der Waals surface area contributed by atoms with Crippen LogP contribution in [0.15, 0.2) is 46.2 Å². The molecule has 2 aromatic carbocycles. The van der Waals surface area contributed by atoms with Crippen LogP contribution >= 0.6 is 39.1 Å². The molecule has 0 amide bonds. The van der Waals surface area contributed by atoms with E-state index in [2.05, 4.69) is 15.9 Å². The van der Waals surface area contributed by atoms with Gasteiger partial charge in [-0.25, -0.2) is 25.4 Å². The number of hydrogen-bond donors (Lipinski definition) is 0. The number of ketones is 4. The Hall–Kier alpha value is -2.00. The fourth-order valence-electron chi connectivity index (χ4n) is 4.07. The predicted molar refractivity (Wildman–Crippen MR) is 208 cm³/mol. The summed E-state index contributed by atoms with van der Waals surface area (Å²) in [5.74, 6) is -1.41. The minimum atomic E-state index is -3.64. The Morgan fingerprint density at radius 1 is 0.608 bits per heavy atom. The molecule has 2 aromatic rings. The van der Waals surface area contributed by atoms with Gasteiger partial charge in [-0.15, -0.1) is 0 Å². The average molecular weight is 857 g/mol. The topological polar surface area (TPSA) is 143 Å². The molecule has 0 saturated heterocycles. The lowest BCUT2D eigenvalue weighted by Crippen LogP contribution is -2.32. The molecule has 0 heterocycles. The molecule has 0 aliphatic rings. The largest absolute Gasteiger partial charge is 0.299 e. The summed E-state index contributed by atoms with van der Waals surface area (Å²) in [6.07, 6.45) is 0.325. The molecule has 15 heteroatoms. The van der Waals surface area contributed by atoms with Crippen LogP contribution in [0, 0.1) is 29.6 Å². The number of nitrogens with zero attached hydrogens (tertiary/aromatic N) is 2. The van der Waals surface area contributed by atoms with E-state index in [1.54, 1.807) is 45.9 Å². The summed E-state index contributed by atoms with van der Waals surface area (Å²) in [6, 6.07) is 9.45. The number of Topliss-reactive ketones (excluding diaryl/α,β-unsaturated/α-hetero) is 4. The van der Waals surface area contributed by atoms with Crippen molar-refractivity contribution < 1.29 is 36.0 Å². The van der Waals surface area contributed by atoms with Crippen LogP contribution in [-0.4, -0.2) is 76.8 Å². The van der Waals surface area contributed by atoms with Gasteiger partial charge in [-0.2, -0.15) is 0 Å². The second kappa shape index (κ2) is 21.6. The monoisotopic (exact) mass is 854 g/mol. The SMILES string of the molecule is CC(C)C(=O)C(Cc1ccc(S(=O)(=O)N(C)C)c(Cl)c1)C(=O)C(C)C.CC(C)C(=O)CC(=O)C(C)C.CN(C)S(=O)(=O)c1ccc(CBr)cc1Cl. The van der Waals surface area contributed by atoms with Crippen molar-refractivity contribution in [1.29, 1.82) is 0 Å². The summed E-state index contributed by atoms with van der Waals surface area (Å²) in [5, 5.41) is 0.981. The molecular weight excluding hydrogens is 803 g/mol. The smallest absolute Gasteiger partial charge is 0.244 e. The third-order valence-electron chi connectivity index (χ3n) is 7.57. The summed E-state index contributed by atoms with van der Waals surface area (Å²) in [4.78, 5) is 47.1. The summed E-state index contributed by atoms with van der Waals surface area (Å²) < 4.78 is 50.2. The van der Waals surface area contributed by atoms with Gasteiger partial charge in [0.15, 0.2) is 0 Å². The van der Waals surface area contributed by atoms with Crippen LogP contribution in [0.25, 0.3) is 0 Å². The van der Waals surface area contributed by atoms with E-state index in [-0.39, 0.29) is 79.5 Å². The van der Waals surface area contributed by atoms with Crippen LogP contribution in [0.1, 0.15) is 72.9 Å². The van der Waals surface area contributed by atoms with Crippen molar-refractivity contribution in [3.8, 4) is 0 Å². The van der Waals surface area contributed by atoms with Gasteiger partial charge in [0.1, 0.15) is 32.9 Å². The predicted octanol–water partition coefficient (Wildman–Crippen LogP) is 7.51. The Labute approximate surface area is 323 Å².